The zero-order chi connectivity index (χ0) is 36.1. The van der Waals surface area contributed by atoms with Crippen LogP contribution in [0.4, 0.5) is 11.5 Å². The average molecular weight is 720 g/mol. The number of rotatable bonds is 10. The first-order valence-electron chi connectivity index (χ1n) is 17.2. The lowest BCUT2D eigenvalue weighted by molar-refractivity contribution is -0.119. The van der Waals surface area contributed by atoms with Gasteiger partial charge in [0.05, 0.1) is 11.4 Å². The first-order chi connectivity index (χ1) is 25.0. The molecule has 2 fully saturated rings. The zero-order valence-corrected chi connectivity index (χ0v) is 29.5. The topological polar surface area (TPSA) is 173 Å². The predicted octanol–water partition coefficient (Wildman–Crippen LogP) is 4.80. The number of anilines is 2. The summed E-state index contributed by atoms with van der Waals surface area (Å²) in [6.45, 7) is 5.83. The van der Waals surface area contributed by atoms with Gasteiger partial charge in [0.1, 0.15) is 12.1 Å². The number of hydrogen-bond donors (Lipinski definition) is 3. The van der Waals surface area contributed by atoms with Crippen molar-refractivity contribution in [1.82, 2.24) is 29.1 Å². The van der Waals surface area contributed by atoms with Crippen molar-refractivity contribution in [2.24, 2.45) is 0 Å². The Morgan fingerprint density at radius 1 is 0.981 bits per heavy atom. The number of fused-ring (bicyclic) bond motifs is 2. The summed E-state index contributed by atoms with van der Waals surface area (Å²) in [6.07, 6.45) is 6.61. The van der Waals surface area contributed by atoms with Crippen molar-refractivity contribution >= 4 is 49.4 Å². The van der Waals surface area contributed by atoms with E-state index in [4.69, 9.17) is 9.40 Å². The normalized spacial score (nSPS) is 16.5. The second kappa shape index (κ2) is 13.3. The number of nitrogens with one attached hydrogen (secondary N) is 2. The summed E-state index contributed by atoms with van der Waals surface area (Å²) in [7, 11) is -3.73. The number of pyridine rings is 3. The lowest BCUT2D eigenvalue weighted by atomic mass is 9.93. The molecular weight excluding hydrogens is 683 g/mol. The van der Waals surface area contributed by atoms with Crippen LogP contribution in [0.3, 0.4) is 0 Å². The fourth-order valence-electron chi connectivity index (χ4n) is 6.85. The third-order valence-corrected chi connectivity index (χ3v) is 11.7. The molecule has 1 saturated carbocycles. The van der Waals surface area contributed by atoms with Crippen LogP contribution in [0.15, 0.2) is 82.4 Å². The molecule has 8 rings (SSSR count). The summed E-state index contributed by atoms with van der Waals surface area (Å²) in [6, 6.07) is 17.4. The molecule has 4 aromatic heterocycles. The first-order valence-corrected chi connectivity index (χ1v) is 18.7. The lowest BCUT2D eigenvalue weighted by Crippen LogP contribution is -2.37. The molecule has 0 bridgehead atoms. The molecule has 13 nitrogen and oxygen atoms in total. The van der Waals surface area contributed by atoms with E-state index in [1.807, 2.05) is 62.5 Å². The number of nitrogens with zero attached hydrogens (tertiary/aromatic N) is 5. The van der Waals surface area contributed by atoms with Gasteiger partial charge in [0, 0.05) is 54.9 Å². The number of likely N-dealkylation sites (tertiary alicyclic amines) is 1. The van der Waals surface area contributed by atoms with Crippen molar-refractivity contribution < 1.29 is 22.7 Å². The number of hydrogen-bond acceptors (Lipinski definition) is 11. The number of benzene rings is 2. The Balaban J connectivity index is 1.05. The summed E-state index contributed by atoms with van der Waals surface area (Å²) in [5.41, 5.74) is 6.97. The van der Waals surface area contributed by atoms with Gasteiger partial charge in [0.25, 0.3) is 11.5 Å². The molecule has 1 aliphatic carbocycles. The summed E-state index contributed by atoms with van der Waals surface area (Å²) in [5.74, 6) is 0.109. The highest BCUT2D eigenvalue weighted by Crippen LogP contribution is 2.37. The van der Waals surface area contributed by atoms with Crippen molar-refractivity contribution in [2.75, 3.05) is 18.4 Å². The van der Waals surface area contributed by atoms with Crippen molar-refractivity contribution in [2.45, 2.75) is 57.6 Å². The van der Waals surface area contributed by atoms with Crippen molar-refractivity contribution in [1.29, 1.82) is 0 Å². The Bertz CT molecular complexity index is 2540. The van der Waals surface area contributed by atoms with Crippen LogP contribution in [0.5, 0.6) is 0 Å². The van der Waals surface area contributed by atoms with Crippen LogP contribution >= 0.6 is 0 Å². The molecule has 1 atom stereocenters. The standard InChI is InChI=1S/C38H37N7O6S/c1-22-28(5-3-7-30(22)37-42-35-32(51-37)13-16-45(38(35)48)21-33(47)43-52(49,50)27-9-10-27)29-6-4-8-31(23(29)2)41-36-34-25(11-14-39-36)17-24(18-40-34)19-44-15-12-26(46)20-44/h3-8,11,13-14,16-18,26-27,46H,9-10,12,15,19-21H2,1-2H3,(H,39,41)(H,43,47)/t26-/m1/s1. The van der Waals surface area contributed by atoms with E-state index >= 15 is 0 Å². The molecular formula is C38H37N7O6S. The summed E-state index contributed by atoms with van der Waals surface area (Å²) in [5, 5.41) is 13.8. The van der Waals surface area contributed by atoms with Crippen LogP contribution in [-0.4, -0.2) is 68.3 Å². The number of aromatic nitrogens is 4. The maximum Gasteiger partial charge on any atom is 0.280 e. The Kier molecular flexibility index (Phi) is 8.60. The number of carbonyl (C=O) groups is 1. The number of sulfonamides is 1. The third kappa shape index (κ3) is 6.56. The average Bonchev–Trinajstić information content (AvgIpc) is 3.78. The summed E-state index contributed by atoms with van der Waals surface area (Å²) < 4.78 is 33.6. The molecule has 0 unspecified atom stereocenters. The van der Waals surface area contributed by atoms with Gasteiger partial charge in [0.2, 0.25) is 15.9 Å². The van der Waals surface area contributed by atoms with Gasteiger partial charge in [-0.2, -0.15) is 0 Å². The maximum atomic E-state index is 13.3. The van der Waals surface area contributed by atoms with Gasteiger partial charge >= 0.3 is 0 Å². The number of aliphatic hydroxyl groups excluding tert-OH is 1. The largest absolute Gasteiger partial charge is 0.436 e. The van der Waals surface area contributed by atoms with E-state index in [0.717, 1.165) is 68.5 Å². The number of amides is 1. The highest BCUT2D eigenvalue weighted by Gasteiger charge is 2.36. The molecule has 1 aliphatic heterocycles. The second-order valence-electron chi connectivity index (χ2n) is 13.6. The van der Waals surface area contributed by atoms with E-state index in [9.17, 15) is 23.1 Å². The Hall–Kier alpha value is -5.44. The van der Waals surface area contributed by atoms with Gasteiger partial charge in [-0.3, -0.25) is 24.2 Å². The molecule has 5 heterocycles. The van der Waals surface area contributed by atoms with E-state index in [0.29, 0.717) is 30.8 Å². The first kappa shape index (κ1) is 33.7. The minimum absolute atomic E-state index is 0.0423. The smallest absolute Gasteiger partial charge is 0.280 e. The van der Waals surface area contributed by atoms with Crippen LogP contribution in [-0.2, 0) is 27.9 Å². The molecule has 14 heteroatoms. The number of oxazole rings is 1. The molecule has 1 saturated heterocycles. The minimum atomic E-state index is -3.73. The maximum absolute atomic E-state index is 13.3. The van der Waals surface area contributed by atoms with Gasteiger partial charge in [-0.1, -0.05) is 24.3 Å². The lowest BCUT2D eigenvalue weighted by Gasteiger charge is -2.17. The Labute approximate surface area is 299 Å². The fourth-order valence-corrected chi connectivity index (χ4v) is 8.16. The van der Waals surface area contributed by atoms with Crippen LogP contribution in [0, 0.1) is 13.8 Å². The van der Waals surface area contributed by atoms with Gasteiger partial charge < -0.3 is 19.4 Å². The highest BCUT2D eigenvalue weighted by molar-refractivity contribution is 7.90. The zero-order valence-electron chi connectivity index (χ0n) is 28.7. The van der Waals surface area contributed by atoms with Gasteiger partial charge in [-0.05, 0) is 91.3 Å². The van der Waals surface area contributed by atoms with Crippen molar-refractivity contribution in [3.8, 4) is 22.6 Å². The Morgan fingerprint density at radius 2 is 1.75 bits per heavy atom. The molecule has 1 amide bonds. The van der Waals surface area contributed by atoms with Crippen LogP contribution in [0.1, 0.15) is 36.0 Å². The van der Waals surface area contributed by atoms with Gasteiger partial charge in [0.15, 0.2) is 16.9 Å². The number of β-amino-alcohol motifs (C(OH)–C–C–N with tert-alkyl or cyclic N) is 1. The molecule has 52 heavy (non-hydrogen) atoms. The second-order valence-corrected chi connectivity index (χ2v) is 15.5. The van der Waals surface area contributed by atoms with Crippen LogP contribution in [0.25, 0.3) is 44.6 Å². The third-order valence-electron chi connectivity index (χ3n) is 9.81. The van der Waals surface area contributed by atoms with E-state index in [-0.39, 0.29) is 23.1 Å². The number of aliphatic hydroxyl groups is 1. The predicted molar refractivity (Wildman–Crippen MR) is 197 cm³/mol. The summed E-state index contributed by atoms with van der Waals surface area (Å²) >= 11 is 0. The molecule has 266 valence electrons. The van der Waals surface area contributed by atoms with Gasteiger partial charge in [-0.25, -0.2) is 18.4 Å². The SMILES string of the molecule is Cc1c(Nc2nccc3cc(CN4CC[C@@H](O)C4)cnc23)cccc1-c1cccc(-c2nc3c(=O)n(CC(=O)NS(=O)(=O)C4CC4)ccc3o2)c1C. The molecule has 3 N–H and O–H groups in total. The van der Waals surface area contributed by atoms with E-state index < -0.39 is 33.3 Å². The fraction of sp³-hybridized carbons (Fsp3) is 0.289. The van der Waals surface area contributed by atoms with Crippen molar-refractivity contribution in [3.63, 3.8) is 0 Å². The minimum Gasteiger partial charge on any atom is -0.436 e. The Morgan fingerprint density at radius 3 is 2.52 bits per heavy atom. The molecule has 0 spiro atoms. The van der Waals surface area contributed by atoms with E-state index in [1.54, 1.807) is 12.3 Å². The number of carbonyl (C=O) groups excluding carboxylic acids is 1. The van der Waals surface area contributed by atoms with Gasteiger partial charge in [-0.15, -0.1) is 0 Å². The monoisotopic (exact) mass is 719 g/mol. The van der Waals surface area contributed by atoms with Crippen LogP contribution < -0.4 is 15.6 Å². The van der Waals surface area contributed by atoms with Crippen LogP contribution in [0.2, 0.25) is 0 Å². The molecule has 6 aromatic rings. The highest BCUT2D eigenvalue weighted by atomic mass is 32.2. The quantitative estimate of drug-likeness (QED) is 0.178. The van der Waals surface area contributed by atoms with E-state index in [1.165, 1.54) is 6.20 Å². The molecule has 2 aromatic carbocycles. The molecule has 0 radical (unpaired) electrons. The summed E-state index contributed by atoms with van der Waals surface area (Å²) in [4.78, 5) is 41.9. The van der Waals surface area contributed by atoms with E-state index in [2.05, 4.69) is 31.0 Å². The van der Waals surface area contributed by atoms with Crippen molar-refractivity contribution in [3.05, 3.63) is 100 Å². The molecule has 2 aliphatic rings.